The fourth-order valence-corrected chi connectivity index (χ4v) is 1.90. The van der Waals surface area contributed by atoms with Gasteiger partial charge in [0.2, 0.25) is 0 Å². The van der Waals surface area contributed by atoms with Crippen LogP contribution in [0, 0.1) is 0 Å². The normalized spacial score (nSPS) is 14.4. The number of carbonyl (C=O) groups excluding carboxylic acids is 1. The average molecular weight is 367 g/mol. The summed E-state index contributed by atoms with van der Waals surface area (Å²) in [5.41, 5.74) is -3.23. The second kappa shape index (κ2) is 6.62. The van der Waals surface area contributed by atoms with Crippen LogP contribution in [0.4, 0.5) is 13.2 Å². The van der Waals surface area contributed by atoms with Gasteiger partial charge in [-0.05, 0) is 30.2 Å². The van der Waals surface area contributed by atoms with Gasteiger partial charge in [0.1, 0.15) is 0 Å². The molecule has 0 aliphatic heterocycles. The van der Waals surface area contributed by atoms with Gasteiger partial charge in [0.25, 0.3) is 5.60 Å². The third-order valence-corrected chi connectivity index (χ3v) is 3.33. The van der Waals surface area contributed by atoms with Crippen molar-refractivity contribution in [3.05, 3.63) is 40.9 Å². The topological polar surface area (TPSA) is 46.5 Å². The molecule has 0 aliphatic rings. The molecule has 1 aromatic rings. The van der Waals surface area contributed by atoms with Gasteiger partial charge < -0.3 is 9.84 Å². The Morgan fingerprint density at radius 3 is 2.29 bits per heavy atom. The summed E-state index contributed by atoms with van der Waals surface area (Å²) in [5.74, 6) is -1.73. The van der Waals surface area contributed by atoms with Gasteiger partial charge in [-0.1, -0.05) is 34.6 Å². The Morgan fingerprint density at radius 1 is 1.33 bits per heavy atom. The lowest BCUT2D eigenvalue weighted by molar-refractivity contribution is -0.260. The molecule has 116 valence electrons. The third-order valence-electron chi connectivity index (χ3n) is 2.80. The summed E-state index contributed by atoms with van der Waals surface area (Å²) in [6, 6.07) is 6.32. The van der Waals surface area contributed by atoms with Crippen LogP contribution in [0.1, 0.15) is 18.9 Å². The molecule has 0 aliphatic carbocycles. The molecule has 21 heavy (non-hydrogen) atoms. The summed E-state index contributed by atoms with van der Waals surface area (Å²) in [7, 11) is 0. The molecule has 0 spiro atoms. The van der Waals surface area contributed by atoms with E-state index >= 15 is 0 Å². The van der Waals surface area contributed by atoms with E-state index in [1.165, 1.54) is 19.1 Å². The van der Waals surface area contributed by atoms with Crippen molar-refractivity contribution in [3.63, 3.8) is 0 Å². The van der Waals surface area contributed by atoms with Crippen LogP contribution in [0.5, 0.6) is 0 Å². The lowest BCUT2D eigenvalue weighted by Crippen LogP contribution is -2.53. The monoisotopic (exact) mass is 366 g/mol. The molecule has 0 saturated heterocycles. The summed E-state index contributed by atoms with van der Waals surface area (Å²) in [6.45, 7) is 4.61. The number of alkyl halides is 3. The molecule has 0 bridgehead atoms. The smallest absolute Gasteiger partial charge is 0.428 e. The molecule has 0 heterocycles. The van der Waals surface area contributed by atoms with Gasteiger partial charge in [-0.15, -0.1) is 0 Å². The second-order valence-electron chi connectivity index (χ2n) is 4.37. The largest absolute Gasteiger partial charge is 0.464 e. The summed E-state index contributed by atoms with van der Waals surface area (Å²) >= 11 is 3.20. The molecule has 0 fully saturated rings. The van der Waals surface area contributed by atoms with Crippen LogP contribution in [-0.2, 0) is 9.53 Å². The number of benzene rings is 1. The molecule has 1 aromatic carbocycles. The van der Waals surface area contributed by atoms with Crippen molar-refractivity contribution in [2.75, 3.05) is 6.61 Å². The SMILES string of the molecule is C=C(CC(O)(C(=O)OCC)C(F)(F)F)c1ccc(Br)cc1. The molecule has 0 saturated carbocycles. The molecule has 1 rings (SSSR count). The standard InChI is InChI=1S/C14H14BrF3O3/c1-3-21-12(19)13(20,14(16,17)18)8-9(2)10-4-6-11(15)7-5-10/h4-7,20H,2-3,8H2,1H3. The van der Waals surface area contributed by atoms with E-state index in [9.17, 15) is 23.1 Å². The first-order valence-electron chi connectivity index (χ1n) is 6.02. The minimum Gasteiger partial charge on any atom is -0.464 e. The Hall–Kier alpha value is -1.34. The maximum Gasteiger partial charge on any atom is 0.428 e. The second-order valence-corrected chi connectivity index (χ2v) is 5.28. The van der Waals surface area contributed by atoms with E-state index in [4.69, 9.17) is 0 Å². The first-order valence-corrected chi connectivity index (χ1v) is 6.81. The van der Waals surface area contributed by atoms with Crippen molar-refractivity contribution in [2.45, 2.75) is 25.1 Å². The van der Waals surface area contributed by atoms with Gasteiger partial charge in [0.05, 0.1) is 6.61 Å². The highest BCUT2D eigenvalue weighted by molar-refractivity contribution is 9.10. The van der Waals surface area contributed by atoms with E-state index in [2.05, 4.69) is 27.2 Å². The quantitative estimate of drug-likeness (QED) is 0.808. The van der Waals surface area contributed by atoms with Crippen molar-refractivity contribution in [1.82, 2.24) is 0 Å². The number of hydrogen-bond acceptors (Lipinski definition) is 3. The van der Waals surface area contributed by atoms with Crippen molar-refractivity contribution in [2.24, 2.45) is 0 Å². The van der Waals surface area contributed by atoms with Crippen LogP contribution in [-0.4, -0.2) is 29.5 Å². The molecule has 1 N–H and O–H groups in total. The number of hydrogen-bond donors (Lipinski definition) is 1. The zero-order chi connectivity index (χ0) is 16.3. The van der Waals surface area contributed by atoms with E-state index < -0.39 is 24.2 Å². The Labute approximate surface area is 128 Å². The molecule has 1 atom stereocenters. The van der Waals surface area contributed by atoms with Crippen LogP contribution in [0.2, 0.25) is 0 Å². The van der Waals surface area contributed by atoms with E-state index in [0.717, 1.165) is 4.47 Å². The molecular formula is C14H14BrF3O3. The van der Waals surface area contributed by atoms with Gasteiger partial charge >= 0.3 is 12.1 Å². The van der Waals surface area contributed by atoms with Crippen LogP contribution >= 0.6 is 15.9 Å². The Morgan fingerprint density at radius 2 is 1.86 bits per heavy atom. The zero-order valence-electron chi connectivity index (χ0n) is 11.2. The minimum atomic E-state index is -5.16. The van der Waals surface area contributed by atoms with Crippen LogP contribution < -0.4 is 0 Å². The first-order chi connectivity index (χ1) is 9.61. The molecule has 3 nitrogen and oxygen atoms in total. The average Bonchev–Trinajstić information content (AvgIpc) is 2.38. The number of ether oxygens (including phenoxy) is 1. The number of aliphatic hydroxyl groups is 1. The fourth-order valence-electron chi connectivity index (χ4n) is 1.64. The molecule has 1 unspecified atom stereocenters. The maximum absolute atomic E-state index is 13.0. The molecular weight excluding hydrogens is 353 g/mol. The van der Waals surface area contributed by atoms with Crippen molar-refractivity contribution < 1.29 is 27.8 Å². The van der Waals surface area contributed by atoms with Crippen molar-refractivity contribution in [3.8, 4) is 0 Å². The van der Waals surface area contributed by atoms with E-state index in [0.29, 0.717) is 5.56 Å². The summed E-state index contributed by atoms with van der Waals surface area (Å²) in [4.78, 5) is 11.5. The number of carbonyl (C=O) groups is 1. The Kier molecular flexibility index (Phi) is 5.58. The first kappa shape index (κ1) is 17.7. The third kappa shape index (κ3) is 4.07. The molecule has 0 aromatic heterocycles. The lowest BCUT2D eigenvalue weighted by atomic mass is 9.91. The Balaban J connectivity index is 3.04. The van der Waals surface area contributed by atoms with Crippen LogP contribution in [0.15, 0.2) is 35.3 Å². The summed E-state index contributed by atoms with van der Waals surface area (Å²) < 4.78 is 44.1. The predicted octanol–water partition coefficient (Wildman–Crippen LogP) is 3.71. The van der Waals surface area contributed by atoms with Gasteiger partial charge in [-0.2, -0.15) is 13.2 Å². The number of esters is 1. The van der Waals surface area contributed by atoms with E-state index in [-0.39, 0.29) is 12.2 Å². The van der Waals surface area contributed by atoms with Crippen LogP contribution in [0.3, 0.4) is 0 Å². The number of rotatable bonds is 5. The maximum atomic E-state index is 13.0. The van der Waals surface area contributed by atoms with Gasteiger partial charge in [-0.3, -0.25) is 0 Å². The molecule has 0 radical (unpaired) electrons. The molecule has 0 amide bonds. The highest BCUT2D eigenvalue weighted by Gasteiger charge is 2.60. The highest BCUT2D eigenvalue weighted by atomic mass is 79.9. The predicted molar refractivity (Wildman–Crippen MR) is 75.4 cm³/mol. The van der Waals surface area contributed by atoms with Gasteiger partial charge in [-0.25, -0.2) is 4.79 Å². The summed E-state index contributed by atoms with van der Waals surface area (Å²) in [5, 5.41) is 9.76. The Bertz CT molecular complexity index is 525. The van der Waals surface area contributed by atoms with Crippen LogP contribution in [0.25, 0.3) is 5.57 Å². The van der Waals surface area contributed by atoms with Gasteiger partial charge in [0, 0.05) is 10.9 Å². The molecule has 7 heteroatoms. The van der Waals surface area contributed by atoms with E-state index in [1.54, 1.807) is 12.1 Å². The zero-order valence-corrected chi connectivity index (χ0v) is 12.8. The lowest BCUT2D eigenvalue weighted by Gasteiger charge is -2.28. The minimum absolute atomic E-state index is 0.0182. The van der Waals surface area contributed by atoms with Crippen molar-refractivity contribution >= 4 is 27.5 Å². The number of halogens is 4. The van der Waals surface area contributed by atoms with Crippen molar-refractivity contribution in [1.29, 1.82) is 0 Å². The fraction of sp³-hybridized carbons (Fsp3) is 0.357. The summed E-state index contributed by atoms with van der Waals surface area (Å²) in [6.07, 6.45) is -6.14. The van der Waals surface area contributed by atoms with E-state index in [1.807, 2.05) is 0 Å². The van der Waals surface area contributed by atoms with Gasteiger partial charge in [0.15, 0.2) is 0 Å². The highest BCUT2D eigenvalue weighted by Crippen LogP contribution is 2.38.